The van der Waals surface area contributed by atoms with Gasteiger partial charge in [0.25, 0.3) is 0 Å². The Balaban J connectivity index is 0.000000597. The number of hydrogen-bond donors (Lipinski definition) is 0. The van der Waals surface area contributed by atoms with Crippen molar-refractivity contribution in [1.29, 1.82) is 0 Å². The van der Waals surface area contributed by atoms with Crippen LogP contribution in [0, 0.1) is 5.41 Å². The number of rotatable bonds is 5. The van der Waals surface area contributed by atoms with Gasteiger partial charge >= 0.3 is 35.4 Å². The minimum absolute atomic E-state index is 0.00876. The van der Waals surface area contributed by atoms with Crippen molar-refractivity contribution in [3.05, 3.63) is 29.8 Å². The van der Waals surface area contributed by atoms with Crippen molar-refractivity contribution in [3.8, 4) is 0 Å². The van der Waals surface area contributed by atoms with Gasteiger partial charge in [-0.25, -0.2) is 9.59 Å². The summed E-state index contributed by atoms with van der Waals surface area (Å²) in [6.45, 7) is 7.07. The summed E-state index contributed by atoms with van der Waals surface area (Å²) in [6, 6.07) is 6.39. The molecule has 264 valence electrons. The molecule has 0 bridgehead atoms. The van der Waals surface area contributed by atoms with Gasteiger partial charge < -0.3 is 29.1 Å². The Morgan fingerprint density at radius 3 is 1.85 bits per heavy atom. The molecule has 2 aliphatic heterocycles. The number of esters is 2. The lowest BCUT2D eigenvalue weighted by atomic mass is 9.91. The first-order chi connectivity index (χ1) is 21.5. The number of hydrogen-bond acceptors (Lipinski definition) is 9. The van der Waals surface area contributed by atoms with Crippen molar-refractivity contribution < 1.29 is 59.8 Å². The quantitative estimate of drug-likeness (QED) is 0.197. The molecule has 1 aromatic carbocycles. The van der Waals surface area contributed by atoms with E-state index in [9.17, 15) is 50.3 Å². The fourth-order valence-electron chi connectivity index (χ4n) is 4.72. The molecule has 2 amide bonds. The van der Waals surface area contributed by atoms with Gasteiger partial charge in [0.2, 0.25) is 5.91 Å². The highest BCUT2D eigenvalue weighted by Gasteiger charge is 2.43. The molecule has 0 aromatic heterocycles. The number of nitrogens with zero attached hydrogens (tertiary/aromatic N) is 4. The predicted molar refractivity (Wildman–Crippen MR) is 156 cm³/mol. The van der Waals surface area contributed by atoms with Crippen LogP contribution >= 0.6 is 11.6 Å². The third-order valence-corrected chi connectivity index (χ3v) is 7.25. The molecule has 0 spiro atoms. The van der Waals surface area contributed by atoms with Gasteiger partial charge in [-0.1, -0.05) is 32.9 Å². The maximum atomic E-state index is 13.2. The molecule has 2 fully saturated rings. The SMILES string of the molecule is C[C@@H]1CN(C(=O)C(=O)OCC(F)(F)F)[C@@H](c2cccc(N3CCN(C)CC3)c2)CN1C(=O)C(C)(C)C.O=C(Cl)C(=O)OCC(F)(F)F. The van der Waals surface area contributed by atoms with E-state index in [4.69, 9.17) is 0 Å². The summed E-state index contributed by atoms with van der Waals surface area (Å²) in [4.78, 5) is 65.6. The van der Waals surface area contributed by atoms with Crippen LogP contribution in [0.4, 0.5) is 32.0 Å². The number of anilines is 1. The smallest absolute Gasteiger partial charge is 0.422 e. The predicted octanol–water partition coefficient (Wildman–Crippen LogP) is 3.55. The molecule has 0 radical (unpaired) electrons. The molecule has 18 heteroatoms. The summed E-state index contributed by atoms with van der Waals surface area (Å²) in [5, 5.41) is -1.57. The number of amides is 2. The van der Waals surface area contributed by atoms with Crippen molar-refractivity contribution >= 4 is 46.3 Å². The van der Waals surface area contributed by atoms with Crippen molar-refractivity contribution in [1.82, 2.24) is 14.7 Å². The van der Waals surface area contributed by atoms with Gasteiger partial charge in [0.15, 0.2) is 13.2 Å². The highest BCUT2D eigenvalue weighted by Crippen LogP contribution is 2.33. The van der Waals surface area contributed by atoms with E-state index >= 15 is 0 Å². The van der Waals surface area contributed by atoms with Crippen LogP contribution < -0.4 is 4.90 Å². The Bertz CT molecular complexity index is 1300. The number of carbonyl (C=O) groups is 5. The van der Waals surface area contributed by atoms with Crippen LogP contribution in [0.5, 0.6) is 0 Å². The molecule has 0 unspecified atom stereocenters. The second-order valence-corrected chi connectivity index (χ2v) is 12.4. The lowest BCUT2D eigenvalue weighted by Gasteiger charge is -2.47. The van der Waals surface area contributed by atoms with Crippen molar-refractivity contribution in [3.63, 3.8) is 0 Å². The monoisotopic (exact) mass is 702 g/mol. The van der Waals surface area contributed by atoms with Crippen LogP contribution in [0.25, 0.3) is 0 Å². The number of halogens is 7. The molecular formula is C29H37ClF6N4O7. The summed E-state index contributed by atoms with van der Waals surface area (Å²) >= 11 is 4.48. The summed E-state index contributed by atoms with van der Waals surface area (Å²) in [6.07, 6.45) is -9.38. The van der Waals surface area contributed by atoms with Gasteiger partial charge in [0, 0.05) is 56.4 Å². The maximum Gasteiger partial charge on any atom is 0.422 e. The van der Waals surface area contributed by atoms with Crippen LogP contribution in [0.1, 0.15) is 39.3 Å². The highest BCUT2D eigenvalue weighted by atomic mass is 35.5. The third-order valence-electron chi connectivity index (χ3n) is 7.09. The Morgan fingerprint density at radius 1 is 0.830 bits per heavy atom. The zero-order valence-electron chi connectivity index (χ0n) is 26.4. The average Bonchev–Trinajstić information content (AvgIpc) is 2.97. The Labute approximate surface area is 272 Å². The zero-order chi connectivity index (χ0) is 35.9. The van der Waals surface area contributed by atoms with Crippen LogP contribution in [-0.4, -0.2) is 122 Å². The fourth-order valence-corrected chi connectivity index (χ4v) is 4.78. The Morgan fingerprint density at radius 2 is 1.36 bits per heavy atom. The molecule has 2 aliphatic rings. The minimum atomic E-state index is -4.74. The van der Waals surface area contributed by atoms with E-state index in [1.807, 2.05) is 18.2 Å². The Hall–Kier alpha value is -3.60. The summed E-state index contributed by atoms with van der Waals surface area (Å²) in [5.74, 6) is -4.52. The second-order valence-electron chi connectivity index (χ2n) is 12.1. The average molecular weight is 703 g/mol. The van der Waals surface area contributed by atoms with Crippen molar-refractivity contribution in [2.75, 3.05) is 64.4 Å². The third kappa shape index (κ3) is 12.5. The zero-order valence-corrected chi connectivity index (χ0v) is 27.2. The molecule has 2 atom stereocenters. The molecule has 0 saturated carbocycles. The number of likely N-dealkylation sites (N-methyl/N-ethyl adjacent to an activating group) is 1. The molecule has 2 saturated heterocycles. The fraction of sp³-hybridized carbons (Fsp3) is 0.621. The van der Waals surface area contributed by atoms with Crippen molar-refractivity contribution in [2.45, 2.75) is 52.1 Å². The van der Waals surface area contributed by atoms with Crippen LogP contribution in [0.15, 0.2) is 24.3 Å². The van der Waals surface area contributed by atoms with E-state index in [0.29, 0.717) is 5.56 Å². The second kappa shape index (κ2) is 16.0. The lowest BCUT2D eigenvalue weighted by molar-refractivity contribution is -0.190. The first-order valence-electron chi connectivity index (χ1n) is 14.3. The van der Waals surface area contributed by atoms with E-state index in [1.165, 1.54) is 4.90 Å². The molecule has 0 N–H and O–H groups in total. The van der Waals surface area contributed by atoms with E-state index in [0.717, 1.165) is 31.9 Å². The first kappa shape index (κ1) is 39.6. The van der Waals surface area contributed by atoms with E-state index < -0.39 is 66.2 Å². The summed E-state index contributed by atoms with van der Waals surface area (Å²) in [5.41, 5.74) is 0.972. The van der Waals surface area contributed by atoms with Gasteiger partial charge in [0.1, 0.15) is 0 Å². The summed E-state index contributed by atoms with van der Waals surface area (Å²) < 4.78 is 79.1. The molecular weight excluding hydrogens is 666 g/mol. The van der Waals surface area contributed by atoms with Crippen LogP contribution in [-0.2, 0) is 33.4 Å². The number of alkyl halides is 6. The molecule has 47 heavy (non-hydrogen) atoms. The van der Waals surface area contributed by atoms with E-state index in [1.54, 1.807) is 38.7 Å². The maximum absolute atomic E-state index is 13.2. The van der Waals surface area contributed by atoms with Gasteiger partial charge in [-0.05, 0) is 43.3 Å². The molecule has 1 aromatic rings. The Kier molecular flexibility index (Phi) is 13.5. The molecule has 3 rings (SSSR count). The van der Waals surface area contributed by atoms with Gasteiger partial charge in [-0.3, -0.25) is 14.4 Å². The molecule has 0 aliphatic carbocycles. The topological polar surface area (TPSA) is 117 Å². The van der Waals surface area contributed by atoms with E-state index in [-0.39, 0.29) is 19.0 Å². The minimum Gasteiger partial charge on any atom is -0.449 e. The number of ether oxygens (including phenoxy) is 2. The lowest BCUT2D eigenvalue weighted by Crippen LogP contribution is -2.59. The summed E-state index contributed by atoms with van der Waals surface area (Å²) in [7, 11) is 2.05. The van der Waals surface area contributed by atoms with Crippen LogP contribution in [0.3, 0.4) is 0 Å². The molecule has 11 nitrogen and oxygen atoms in total. The van der Waals surface area contributed by atoms with Gasteiger partial charge in [-0.15, -0.1) is 0 Å². The number of benzene rings is 1. The standard InChI is InChI=1S/C25H35F3N4O4.C4H2ClF3O3/c1-17-14-32(21(33)22(34)36-16-25(26,27)28)20(15-31(17)23(35)24(2,3)4)18-7-6-8-19(13-18)30-11-9-29(5)10-12-30;5-2(9)3(10)11-1-4(6,7)8/h6-8,13,17,20H,9-12,14-16H2,1-5H3;1H2/t17-,20-;/m1./s1. The van der Waals surface area contributed by atoms with Gasteiger partial charge in [-0.2, -0.15) is 26.3 Å². The normalized spacial score (nSPS) is 19.4. The number of carbonyl (C=O) groups excluding carboxylic acids is 5. The van der Waals surface area contributed by atoms with Crippen LogP contribution in [0.2, 0.25) is 0 Å². The number of piperazine rings is 2. The van der Waals surface area contributed by atoms with E-state index in [2.05, 4.69) is 37.9 Å². The first-order valence-corrected chi connectivity index (χ1v) is 14.7. The van der Waals surface area contributed by atoms with Gasteiger partial charge in [0.05, 0.1) is 6.04 Å². The highest BCUT2D eigenvalue weighted by molar-refractivity contribution is 6.80. The molecule has 2 heterocycles. The largest absolute Gasteiger partial charge is 0.449 e. The van der Waals surface area contributed by atoms with Crippen molar-refractivity contribution in [2.24, 2.45) is 5.41 Å².